The van der Waals surface area contributed by atoms with Gasteiger partial charge < -0.3 is 14.6 Å². The van der Waals surface area contributed by atoms with Crippen LogP contribution in [0.15, 0.2) is 94.9 Å². The Hall–Kier alpha value is -4.37. The molecule has 35 heavy (non-hydrogen) atoms. The average molecular weight is 491 g/mol. The van der Waals surface area contributed by atoms with Gasteiger partial charge in [-0.2, -0.15) is 13.5 Å². The van der Waals surface area contributed by atoms with Gasteiger partial charge in [-0.25, -0.2) is 9.63 Å². The second-order valence-electron chi connectivity index (χ2n) is 7.57. The maximum atomic E-state index is 12.6. The number of aromatic carboxylic acids is 1. The van der Waals surface area contributed by atoms with E-state index in [1.54, 1.807) is 42.5 Å². The zero-order chi connectivity index (χ0) is 24.8. The summed E-state index contributed by atoms with van der Waals surface area (Å²) >= 11 is 0. The zero-order valence-electron chi connectivity index (χ0n) is 18.7. The lowest BCUT2D eigenvalue weighted by atomic mass is 10.1. The fourth-order valence-corrected chi connectivity index (χ4v) is 4.22. The predicted molar refractivity (Wildman–Crippen MR) is 133 cm³/mol. The summed E-state index contributed by atoms with van der Waals surface area (Å²) in [6, 6.07) is 23.8. The van der Waals surface area contributed by atoms with Crippen LogP contribution < -0.4 is 14.3 Å². The molecule has 0 unspecified atom stereocenters. The molecule has 0 heterocycles. The Labute approximate surface area is 202 Å². The number of carbonyl (C=O) groups is 1. The predicted octanol–water partition coefficient (Wildman–Crippen LogP) is 4.44. The van der Waals surface area contributed by atoms with Crippen molar-refractivity contribution in [3.63, 3.8) is 0 Å². The van der Waals surface area contributed by atoms with Crippen molar-refractivity contribution in [2.45, 2.75) is 11.5 Å². The van der Waals surface area contributed by atoms with Gasteiger partial charge in [-0.1, -0.05) is 42.5 Å². The van der Waals surface area contributed by atoms with Gasteiger partial charge in [0.15, 0.2) is 11.5 Å². The van der Waals surface area contributed by atoms with Crippen molar-refractivity contribution < 1.29 is 27.8 Å². The number of carboxylic acid groups (broad SMARTS) is 1. The SMILES string of the molecule is COc1cc(/C=N\NS(=O)(=O)c2ccc3ccccc3c2)ccc1OCc1cccc(C(=O)O)c1. The van der Waals surface area contributed by atoms with E-state index in [0.717, 1.165) is 10.8 Å². The van der Waals surface area contributed by atoms with E-state index in [0.29, 0.717) is 22.6 Å². The molecule has 0 saturated carbocycles. The second-order valence-corrected chi connectivity index (χ2v) is 9.23. The molecule has 8 nitrogen and oxygen atoms in total. The third-order valence-corrected chi connectivity index (χ3v) is 6.39. The van der Waals surface area contributed by atoms with E-state index >= 15 is 0 Å². The second kappa shape index (κ2) is 10.3. The largest absolute Gasteiger partial charge is 0.493 e. The molecule has 0 aliphatic rings. The summed E-state index contributed by atoms with van der Waals surface area (Å²) in [6.45, 7) is 0.149. The molecule has 4 aromatic carbocycles. The third-order valence-electron chi connectivity index (χ3n) is 5.17. The summed E-state index contributed by atoms with van der Waals surface area (Å²) in [5.41, 5.74) is 1.46. The van der Waals surface area contributed by atoms with Crippen molar-refractivity contribution in [3.05, 3.63) is 102 Å². The topological polar surface area (TPSA) is 114 Å². The number of hydrazone groups is 1. The molecule has 4 rings (SSSR count). The summed E-state index contributed by atoms with van der Waals surface area (Å²) < 4.78 is 36.4. The monoisotopic (exact) mass is 490 g/mol. The number of methoxy groups -OCH3 is 1. The van der Waals surface area contributed by atoms with Crippen LogP contribution in [0.2, 0.25) is 0 Å². The molecule has 0 saturated heterocycles. The number of nitrogens with one attached hydrogen (secondary N) is 1. The van der Waals surface area contributed by atoms with Crippen molar-refractivity contribution in [1.29, 1.82) is 0 Å². The minimum atomic E-state index is -3.84. The Morgan fingerprint density at radius 1 is 0.943 bits per heavy atom. The first-order valence-electron chi connectivity index (χ1n) is 10.5. The summed E-state index contributed by atoms with van der Waals surface area (Å²) in [6.07, 6.45) is 1.36. The Kier molecular flexibility index (Phi) is 6.98. The van der Waals surface area contributed by atoms with Crippen molar-refractivity contribution in [1.82, 2.24) is 4.83 Å². The van der Waals surface area contributed by atoms with Crippen LogP contribution in [-0.2, 0) is 16.6 Å². The van der Waals surface area contributed by atoms with Gasteiger partial charge in [-0.15, -0.1) is 0 Å². The molecule has 178 valence electrons. The van der Waals surface area contributed by atoms with Crippen LogP contribution >= 0.6 is 0 Å². The Morgan fingerprint density at radius 2 is 1.74 bits per heavy atom. The van der Waals surface area contributed by atoms with Crippen LogP contribution in [-0.4, -0.2) is 32.8 Å². The van der Waals surface area contributed by atoms with E-state index in [4.69, 9.17) is 14.6 Å². The first-order chi connectivity index (χ1) is 16.9. The maximum absolute atomic E-state index is 12.6. The maximum Gasteiger partial charge on any atom is 0.335 e. The molecule has 0 atom stereocenters. The highest BCUT2D eigenvalue weighted by Crippen LogP contribution is 2.28. The van der Waals surface area contributed by atoms with Crippen LogP contribution in [0.5, 0.6) is 11.5 Å². The molecule has 2 N–H and O–H groups in total. The highest BCUT2D eigenvalue weighted by Gasteiger charge is 2.13. The molecule has 0 spiro atoms. The zero-order valence-corrected chi connectivity index (χ0v) is 19.5. The van der Waals surface area contributed by atoms with E-state index in [1.165, 1.54) is 31.5 Å². The van der Waals surface area contributed by atoms with Crippen LogP contribution in [0, 0.1) is 0 Å². The molecule has 9 heteroatoms. The summed E-state index contributed by atoms with van der Waals surface area (Å²) in [5, 5.41) is 14.8. The first kappa shape index (κ1) is 23.8. The van der Waals surface area contributed by atoms with Crippen LogP contribution in [0.4, 0.5) is 0 Å². The number of hydrogen-bond donors (Lipinski definition) is 2. The molecular formula is C26H22N2O6S. The highest BCUT2D eigenvalue weighted by molar-refractivity contribution is 7.89. The molecule has 0 radical (unpaired) electrons. The minimum absolute atomic E-state index is 0.113. The van der Waals surface area contributed by atoms with Gasteiger partial charge in [0.25, 0.3) is 10.0 Å². The highest BCUT2D eigenvalue weighted by atomic mass is 32.2. The van der Waals surface area contributed by atoms with Gasteiger partial charge in [-0.3, -0.25) is 0 Å². The van der Waals surface area contributed by atoms with Crippen molar-refractivity contribution in [3.8, 4) is 11.5 Å². The molecule has 0 fully saturated rings. The lowest BCUT2D eigenvalue weighted by Crippen LogP contribution is -2.18. The van der Waals surface area contributed by atoms with Gasteiger partial charge in [0.05, 0.1) is 23.8 Å². The van der Waals surface area contributed by atoms with Crippen molar-refractivity contribution in [2.24, 2.45) is 5.10 Å². The fourth-order valence-electron chi connectivity index (χ4n) is 3.40. The normalized spacial score (nSPS) is 11.5. The number of ether oxygens (including phenoxy) is 2. The van der Waals surface area contributed by atoms with E-state index in [1.807, 2.05) is 24.3 Å². The molecular weight excluding hydrogens is 468 g/mol. The third kappa shape index (κ3) is 5.77. The van der Waals surface area contributed by atoms with Gasteiger partial charge in [0.1, 0.15) is 6.61 Å². The van der Waals surface area contributed by atoms with E-state index < -0.39 is 16.0 Å². The number of rotatable bonds is 9. The quantitative estimate of drug-likeness (QED) is 0.265. The first-order valence-corrected chi connectivity index (χ1v) is 12.0. The summed E-state index contributed by atoms with van der Waals surface area (Å²) in [5.74, 6) is -0.146. The average Bonchev–Trinajstić information content (AvgIpc) is 2.87. The molecule has 0 aromatic heterocycles. The van der Waals surface area contributed by atoms with E-state index in [2.05, 4.69) is 9.93 Å². The van der Waals surface area contributed by atoms with E-state index in [-0.39, 0.29) is 17.1 Å². The van der Waals surface area contributed by atoms with Crippen molar-refractivity contribution >= 4 is 33.0 Å². The number of benzene rings is 4. The fraction of sp³-hybridized carbons (Fsp3) is 0.0769. The van der Waals surface area contributed by atoms with Gasteiger partial charge >= 0.3 is 5.97 Å². The minimum Gasteiger partial charge on any atom is -0.493 e. The number of sulfonamides is 1. The van der Waals surface area contributed by atoms with Crippen molar-refractivity contribution in [2.75, 3.05) is 7.11 Å². The number of carboxylic acids is 1. The Balaban J connectivity index is 1.44. The molecule has 0 aliphatic carbocycles. The van der Waals surface area contributed by atoms with Gasteiger partial charge in [-0.05, 0) is 64.4 Å². The molecule has 0 bridgehead atoms. The number of nitrogens with zero attached hydrogens (tertiary/aromatic N) is 1. The molecule has 0 amide bonds. The van der Waals surface area contributed by atoms with Crippen LogP contribution in [0.3, 0.4) is 0 Å². The molecule has 4 aromatic rings. The lowest BCUT2D eigenvalue weighted by molar-refractivity contribution is 0.0696. The standard InChI is InChI=1S/C26H22N2O6S/c1-33-25-14-18(9-12-24(25)34-17-19-5-4-8-22(13-19)26(29)30)16-27-28-35(31,32)23-11-10-20-6-2-3-7-21(20)15-23/h2-16,28H,17H2,1H3,(H,29,30)/b27-16-. The Morgan fingerprint density at radius 3 is 2.51 bits per heavy atom. The van der Waals surface area contributed by atoms with E-state index in [9.17, 15) is 13.2 Å². The number of fused-ring (bicyclic) bond motifs is 1. The lowest BCUT2D eigenvalue weighted by Gasteiger charge is -2.11. The summed E-state index contributed by atoms with van der Waals surface area (Å²) in [7, 11) is -2.36. The van der Waals surface area contributed by atoms with Gasteiger partial charge in [0.2, 0.25) is 0 Å². The number of hydrogen-bond acceptors (Lipinski definition) is 6. The Bertz CT molecular complexity index is 1520. The smallest absolute Gasteiger partial charge is 0.335 e. The van der Waals surface area contributed by atoms with Gasteiger partial charge in [0, 0.05) is 0 Å². The molecule has 0 aliphatic heterocycles. The van der Waals surface area contributed by atoms with Crippen LogP contribution in [0.25, 0.3) is 10.8 Å². The summed E-state index contributed by atoms with van der Waals surface area (Å²) in [4.78, 5) is 13.5. The van der Waals surface area contributed by atoms with Crippen LogP contribution in [0.1, 0.15) is 21.5 Å².